The number of nitrogens with one attached hydrogen (secondary N) is 1. The van der Waals surface area contributed by atoms with Gasteiger partial charge in [-0.25, -0.2) is 4.39 Å². The maximum absolute atomic E-state index is 13.9. The van der Waals surface area contributed by atoms with Crippen molar-refractivity contribution in [3.8, 4) is 5.75 Å². The van der Waals surface area contributed by atoms with E-state index in [2.05, 4.69) is 5.32 Å². The molecule has 4 nitrogen and oxygen atoms in total. The lowest BCUT2D eigenvalue weighted by atomic mass is 9.96. The zero-order chi connectivity index (χ0) is 14.8. The molecule has 0 spiro atoms. The second kappa shape index (κ2) is 6.02. The maximum atomic E-state index is 13.9. The van der Waals surface area contributed by atoms with Crippen LogP contribution in [0.2, 0.25) is 0 Å². The summed E-state index contributed by atoms with van der Waals surface area (Å²) in [6.45, 7) is 0. The number of benzene rings is 1. The second-order valence-corrected chi connectivity index (χ2v) is 5.91. The van der Waals surface area contributed by atoms with Gasteiger partial charge in [0.25, 0.3) is 0 Å². The van der Waals surface area contributed by atoms with Gasteiger partial charge in [0, 0.05) is 11.8 Å². The van der Waals surface area contributed by atoms with Crippen molar-refractivity contribution in [3.63, 3.8) is 0 Å². The highest BCUT2D eigenvalue weighted by molar-refractivity contribution is 5.93. The summed E-state index contributed by atoms with van der Waals surface area (Å²) in [5, 5.41) is 12.4. The summed E-state index contributed by atoms with van der Waals surface area (Å²) in [6, 6.07) is 4.46. The molecule has 0 aliphatic heterocycles. The van der Waals surface area contributed by atoms with Crippen LogP contribution >= 0.6 is 0 Å². The Labute approximate surface area is 123 Å². The Hall–Kier alpha value is -1.62. The van der Waals surface area contributed by atoms with Gasteiger partial charge in [-0.05, 0) is 50.7 Å². The lowest BCUT2D eigenvalue weighted by Gasteiger charge is -2.26. The summed E-state index contributed by atoms with van der Waals surface area (Å²) >= 11 is 0. The topological polar surface area (TPSA) is 58.6 Å². The molecule has 1 aromatic rings. The summed E-state index contributed by atoms with van der Waals surface area (Å²) in [5.41, 5.74) is 0.401. The molecule has 0 heterocycles. The standard InChI is InChI=1S/C16H20FNO3/c17-13-9-10(7-8-15(13)21-11-3-1-4-11)18-16(20)12-5-2-6-14(12)19/h7-9,11-12,14,19H,1-6H2,(H,18,20). The third kappa shape index (κ3) is 3.18. The maximum Gasteiger partial charge on any atom is 0.230 e. The normalized spacial score (nSPS) is 25.4. The number of hydrogen-bond acceptors (Lipinski definition) is 3. The first-order valence-electron chi connectivity index (χ1n) is 7.58. The molecule has 5 heteroatoms. The van der Waals surface area contributed by atoms with E-state index in [9.17, 15) is 14.3 Å². The van der Waals surface area contributed by atoms with Crippen molar-refractivity contribution in [2.24, 2.45) is 5.92 Å². The van der Waals surface area contributed by atoms with Gasteiger partial charge in [-0.3, -0.25) is 4.79 Å². The zero-order valence-electron chi connectivity index (χ0n) is 11.8. The Kier molecular flexibility index (Phi) is 4.10. The van der Waals surface area contributed by atoms with E-state index in [4.69, 9.17) is 4.74 Å². The van der Waals surface area contributed by atoms with Crippen molar-refractivity contribution in [1.29, 1.82) is 0 Å². The van der Waals surface area contributed by atoms with Crippen molar-refractivity contribution in [2.45, 2.75) is 50.7 Å². The van der Waals surface area contributed by atoms with Crippen molar-refractivity contribution in [2.75, 3.05) is 5.32 Å². The van der Waals surface area contributed by atoms with Gasteiger partial charge in [-0.1, -0.05) is 0 Å². The lowest BCUT2D eigenvalue weighted by molar-refractivity contribution is -0.122. The number of carbonyl (C=O) groups is 1. The zero-order valence-corrected chi connectivity index (χ0v) is 11.8. The first kappa shape index (κ1) is 14.3. The number of aliphatic hydroxyl groups is 1. The summed E-state index contributed by atoms with van der Waals surface area (Å²) in [7, 11) is 0. The van der Waals surface area contributed by atoms with E-state index in [1.54, 1.807) is 12.1 Å². The molecule has 3 rings (SSSR count). The highest BCUT2D eigenvalue weighted by Gasteiger charge is 2.31. The molecule has 2 aliphatic rings. The van der Waals surface area contributed by atoms with E-state index in [0.717, 1.165) is 25.7 Å². The van der Waals surface area contributed by atoms with Crippen LogP contribution in [0, 0.1) is 11.7 Å². The predicted molar refractivity (Wildman–Crippen MR) is 76.6 cm³/mol. The number of anilines is 1. The molecular weight excluding hydrogens is 273 g/mol. The number of amides is 1. The fourth-order valence-electron chi connectivity index (χ4n) is 2.82. The molecule has 2 aliphatic carbocycles. The van der Waals surface area contributed by atoms with Crippen LogP contribution in [0.15, 0.2) is 18.2 Å². The van der Waals surface area contributed by atoms with E-state index >= 15 is 0 Å². The molecule has 0 bridgehead atoms. The lowest BCUT2D eigenvalue weighted by Crippen LogP contribution is -2.28. The Balaban J connectivity index is 1.62. The van der Waals surface area contributed by atoms with Crippen LogP contribution in [-0.2, 0) is 4.79 Å². The molecule has 114 valence electrons. The Morgan fingerprint density at radius 2 is 2.00 bits per heavy atom. The SMILES string of the molecule is O=C(Nc1ccc(OC2CCC2)c(F)c1)C1CCCC1O. The molecule has 2 saturated carbocycles. The van der Waals surface area contributed by atoms with Crippen molar-refractivity contribution in [1.82, 2.24) is 0 Å². The van der Waals surface area contributed by atoms with E-state index in [-0.39, 0.29) is 23.7 Å². The van der Waals surface area contributed by atoms with E-state index in [1.165, 1.54) is 6.07 Å². The second-order valence-electron chi connectivity index (χ2n) is 5.91. The fraction of sp³-hybridized carbons (Fsp3) is 0.562. The highest BCUT2D eigenvalue weighted by Crippen LogP contribution is 2.30. The summed E-state index contributed by atoms with van der Waals surface area (Å²) in [5.74, 6) is -0.865. The third-order valence-corrected chi connectivity index (χ3v) is 4.36. The number of carbonyl (C=O) groups excluding carboxylic acids is 1. The van der Waals surface area contributed by atoms with Gasteiger partial charge < -0.3 is 15.2 Å². The Morgan fingerprint density at radius 1 is 1.24 bits per heavy atom. The summed E-state index contributed by atoms with van der Waals surface area (Å²) < 4.78 is 19.5. The van der Waals surface area contributed by atoms with Crippen LogP contribution in [0.4, 0.5) is 10.1 Å². The minimum Gasteiger partial charge on any atom is -0.487 e. The average Bonchev–Trinajstić information content (AvgIpc) is 2.82. The van der Waals surface area contributed by atoms with Gasteiger partial charge in [0.1, 0.15) is 0 Å². The molecule has 2 atom stereocenters. The van der Waals surface area contributed by atoms with Gasteiger partial charge in [0.05, 0.1) is 18.1 Å². The van der Waals surface area contributed by atoms with Crippen molar-refractivity contribution in [3.05, 3.63) is 24.0 Å². The molecule has 2 unspecified atom stereocenters. The van der Waals surface area contributed by atoms with Crippen molar-refractivity contribution >= 4 is 11.6 Å². The summed E-state index contributed by atoms with van der Waals surface area (Å²) in [4.78, 5) is 12.0. The number of aliphatic hydroxyl groups excluding tert-OH is 1. The van der Waals surface area contributed by atoms with E-state index in [1.807, 2.05) is 0 Å². The third-order valence-electron chi connectivity index (χ3n) is 4.36. The van der Waals surface area contributed by atoms with Crippen LogP contribution in [0.25, 0.3) is 0 Å². The van der Waals surface area contributed by atoms with Gasteiger partial charge >= 0.3 is 0 Å². The van der Waals surface area contributed by atoms with Crippen LogP contribution in [-0.4, -0.2) is 23.2 Å². The largest absolute Gasteiger partial charge is 0.487 e. The molecule has 1 aromatic carbocycles. The predicted octanol–water partition coefficient (Wildman–Crippen LogP) is 2.86. The quantitative estimate of drug-likeness (QED) is 0.897. The average molecular weight is 293 g/mol. The molecule has 21 heavy (non-hydrogen) atoms. The van der Waals surface area contributed by atoms with Gasteiger partial charge in [0.2, 0.25) is 5.91 Å². The highest BCUT2D eigenvalue weighted by atomic mass is 19.1. The molecule has 0 radical (unpaired) electrons. The van der Waals surface area contributed by atoms with Gasteiger partial charge in [-0.15, -0.1) is 0 Å². The minimum absolute atomic E-state index is 0.119. The first-order valence-corrected chi connectivity index (χ1v) is 7.58. The number of rotatable bonds is 4. The first-order chi connectivity index (χ1) is 10.1. The van der Waals surface area contributed by atoms with Crippen LogP contribution in [0.5, 0.6) is 5.75 Å². The fourth-order valence-corrected chi connectivity index (χ4v) is 2.82. The van der Waals surface area contributed by atoms with Crippen LogP contribution in [0.3, 0.4) is 0 Å². The smallest absolute Gasteiger partial charge is 0.230 e. The molecule has 2 fully saturated rings. The van der Waals surface area contributed by atoms with Gasteiger partial charge in [0.15, 0.2) is 11.6 Å². The minimum atomic E-state index is -0.587. The van der Waals surface area contributed by atoms with Gasteiger partial charge in [-0.2, -0.15) is 0 Å². The van der Waals surface area contributed by atoms with Crippen molar-refractivity contribution < 1.29 is 19.0 Å². The van der Waals surface area contributed by atoms with Crippen LogP contribution in [0.1, 0.15) is 38.5 Å². The molecule has 1 amide bonds. The molecule has 0 saturated heterocycles. The Bertz CT molecular complexity index is 530. The van der Waals surface area contributed by atoms with E-state index in [0.29, 0.717) is 18.5 Å². The number of ether oxygens (including phenoxy) is 1. The summed E-state index contributed by atoms with van der Waals surface area (Å²) in [6.07, 6.45) is 4.78. The number of hydrogen-bond donors (Lipinski definition) is 2. The molecule has 0 aromatic heterocycles. The molecular formula is C16H20FNO3. The van der Waals surface area contributed by atoms with Crippen LogP contribution < -0.4 is 10.1 Å². The number of halogens is 1. The van der Waals surface area contributed by atoms with E-state index < -0.39 is 11.9 Å². The molecule has 2 N–H and O–H groups in total. The monoisotopic (exact) mass is 293 g/mol. The Morgan fingerprint density at radius 3 is 2.57 bits per heavy atom.